The predicted molar refractivity (Wildman–Crippen MR) is 82.5 cm³/mol. The lowest BCUT2D eigenvalue weighted by Gasteiger charge is -2.19. The molecule has 0 bridgehead atoms. The van der Waals surface area contributed by atoms with E-state index in [0.717, 1.165) is 30.8 Å². The number of hydrogen-bond acceptors (Lipinski definition) is 4. The Morgan fingerprint density at radius 1 is 1.43 bits per heavy atom. The van der Waals surface area contributed by atoms with Gasteiger partial charge in [-0.3, -0.25) is 9.36 Å². The molecular weight excluding hydrogens is 266 g/mol. The van der Waals surface area contributed by atoms with Crippen molar-refractivity contribution in [1.29, 1.82) is 0 Å². The number of hydrogen-bond donors (Lipinski definition) is 0. The summed E-state index contributed by atoms with van der Waals surface area (Å²) in [5.41, 5.74) is 1.87. The summed E-state index contributed by atoms with van der Waals surface area (Å²) >= 11 is 0. The molecule has 1 aromatic heterocycles. The molecule has 21 heavy (non-hydrogen) atoms. The smallest absolute Gasteiger partial charge is 0.261 e. The van der Waals surface area contributed by atoms with E-state index in [4.69, 9.17) is 4.74 Å². The van der Waals surface area contributed by atoms with Crippen LogP contribution < -0.4 is 5.56 Å². The minimum atomic E-state index is 0.0376. The number of aromatic nitrogens is 2. The molecule has 5 heteroatoms. The third-order valence-electron chi connectivity index (χ3n) is 4.05. The first-order chi connectivity index (χ1) is 10.1. The maximum atomic E-state index is 12.6. The molecule has 2 aromatic rings. The van der Waals surface area contributed by atoms with Gasteiger partial charge in [0, 0.05) is 25.6 Å². The van der Waals surface area contributed by atoms with Gasteiger partial charge in [-0.15, -0.1) is 0 Å². The molecule has 0 amide bonds. The van der Waals surface area contributed by atoms with Crippen LogP contribution in [0.2, 0.25) is 0 Å². The van der Waals surface area contributed by atoms with Crippen LogP contribution in [0.3, 0.4) is 0 Å². The summed E-state index contributed by atoms with van der Waals surface area (Å²) < 4.78 is 7.34. The van der Waals surface area contributed by atoms with E-state index >= 15 is 0 Å². The Hall–Kier alpha value is -1.72. The van der Waals surface area contributed by atoms with Crippen molar-refractivity contribution in [2.24, 2.45) is 5.92 Å². The highest BCUT2D eigenvalue weighted by atomic mass is 16.5. The van der Waals surface area contributed by atoms with Gasteiger partial charge in [0.05, 0.1) is 30.4 Å². The molecule has 1 unspecified atom stereocenters. The van der Waals surface area contributed by atoms with Crippen LogP contribution >= 0.6 is 0 Å². The largest absolute Gasteiger partial charge is 0.380 e. The summed E-state index contributed by atoms with van der Waals surface area (Å²) in [6.07, 6.45) is 1.67. The molecule has 1 fully saturated rings. The average molecular weight is 287 g/mol. The second-order valence-corrected chi connectivity index (χ2v) is 5.88. The molecule has 3 rings (SSSR count). The third-order valence-corrected chi connectivity index (χ3v) is 4.05. The molecule has 1 atom stereocenters. The molecule has 1 aromatic carbocycles. The minimum Gasteiger partial charge on any atom is -0.380 e. The molecule has 1 saturated heterocycles. The number of para-hydroxylation sites is 1. The highest BCUT2D eigenvalue weighted by Crippen LogP contribution is 2.12. The fourth-order valence-corrected chi connectivity index (χ4v) is 2.91. The highest BCUT2D eigenvalue weighted by molar-refractivity contribution is 5.80. The number of aryl methyl sites for hydroxylation is 1. The van der Waals surface area contributed by atoms with Crippen molar-refractivity contribution >= 4 is 10.9 Å². The lowest BCUT2D eigenvalue weighted by molar-refractivity contribution is 0.117. The zero-order valence-corrected chi connectivity index (χ0v) is 12.6. The monoisotopic (exact) mass is 287 g/mol. The Bertz CT molecular complexity index is 695. The number of benzene rings is 1. The summed E-state index contributed by atoms with van der Waals surface area (Å²) in [6, 6.07) is 5.74. The summed E-state index contributed by atoms with van der Waals surface area (Å²) in [5.74, 6) is 0.319. The number of nitrogens with zero attached hydrogens (tertiary/aromatic N) is 3. The van der Waals surface area contributed by atoms with Crippen molar-refractivity contribution in [1.82, 2.24) is 14.5 Å². The zero-order chi connectivity index (χ0) is 14.8. The second-order valence-electron chi connectivity index (χ2n) is 5.88. The van der Waals surface area contributed by atoms with E-state index in [9.17, 15) is 4.79 Å². The summed E-state index contributed by atoms with van der Waals surface area (Å²) in [6.45, 7) is 5.98. The van der Waals surface area contributed by atoms with Crippen LogP contribution in [0.25, 0.3) is 10.9 Å². The van der Waals surface area contributed by atoms with E-state index < -0.39 is 0 Å². The van der Waals surface area contributed by atoms with Gasteiger partial charge in [-0.25, -0.2) is 4.98 Å². The van der Waals surface area contributed by atoms with Gasteiger partial charge in [0.2, 0.25) is 0 Å². The first-order valence-corrected chi connectivity index (χ1v) is 7.36. The van der Waals surface area contributed by atoms with Crippen molar-refractivity contribution in [3.8, 4) is 0 Å². The number of ether oxygens (including phenoxy) is 1. The van der Waals surface area contributed by atoms with Crippen molar-refractivity contribution in [3.63, 3.8) is 0 Å². The van der Waals surface area contributed by atoms with Crippen LogP contribution in [0.15, 0.2) is 29.3 Å². The molecule has 5 nitrogen and oxygen atoms in total. The Labute approximate surface area is 124 Å². The van der Waals surface area contributed by atoms with Gasteiger partial charge in [0.1, 0.15) is 0 Å². The first-order valence-electron chi connectivity index (χ1n) is 7.36. The van der Waals surface area contributed by atoms with Crippen LogP contribution in [0.4, 0.5) is 0 Å². The Morgan fingerprint density at radius 3 is 3.14 bits per heavy atom. The molecular formula is C16H21N3O2. The summed E-state index contributed by atoms with van der Waals surface area (Å²) in [4.78, 5) is 19.3. The van der Waals surface area contributed by atoms with Crippen molar-refractivity contribution in [3.05, 3.63) is 40.4 Å². The maximum Gasteiger partial charge on any atom is 0.261 e. The molecule has 0 N–H and O–H groups in total. The van der Waals surface area contributed by atoms with Crippen molar-refractivity contribution in [2.75, 3.05) is 33.4 Å². The zero-order valence-electron chi connectivity index (χ0n) is 12.6. The van der Waals surface area contributed by atoms with Crippen LogP contribution in [-0.2, 0) is 11.3 Å². The minimum absolute atomic E-state index is 0.0376. The van der Waals surface area contributed by atoms with Gasteiger partial charge < -0.3 is 9.64 Å². The molecule has 0 spiro atoms. The predicted octanol–water partition coefficient (Wildman–Crippen LogP) is 1.28. The molecule has 0 aliphatic carbocycles. The highest BCUT2D eigenvalue weighted by Gasteiger charge is 2.17. The van der Waals surface area contributed by atoms with Crippen LogP contribution in [0.1, 0.15) is 5.56 Å². The number of fused-ring (bicyclic) bond motifs is 1. The summed E-state index contributed by atoms with van der Waals surface area (Å²) in [5, 5.41) is 0.695. The van der Waals surface area contributed by atoms with Gasteiger partial charge in [-0.1, -0.05) is 12.1 Å². The fraction of sp³-hybridized carbons (Fsp3) is 0.500. The normalized spacial score (nSPS) is 20.6. The van der Waals surface area contributed by atoms with Gasteiger partial charge in [0.25, 0.3) is 5.56 Å². The maximum absolute atomic E-state index is 12.6. The molecule has 2 heterocycles. The SMILES string of the molecule is Cc1cccc2c(=O)n(CC3COCCN(C)C3)cnc12. The fourth-order valence-electron chi connectivity index (χ4n) is 2.91. The van der Waals surface area contributed by atoms with E-state index in [1.807, 2.05) is 25.1 Å². The van der Waals surface area contributed by atoms with Gasteiger partial charge in [-0.05, 0) is 25.6 Å². The number of rotatable bonds is 2. The van der Waals surface area contributed by atoms with Gasteiger partial charge >= 0.3 is 0 Å². The number of likely N-dealkylation sites (N-methyl/N-ethyl adjacent to an activating group) is 1. The van der Waals surface area contributed by atoms with Crippen molar-refractivity contribution in [2.45, 2.75) is 13.5 Å². The Balaban J connectivity index is 1.90. The first kappa shape index (κ1) is 14.2. The van der Waals surface area contributed by atoms with E-state index in [2.05, 4.69) is 16.9 Å². The topological polar surface area (TPSA) is 47.4 Å². The molecule has 0 radical (unpaired) electrons. The molecule has 0 saturated carbocycles. The van der Waals surface area contributed by atoms with Crippen LogP contribution in [0.5, 0.6) is 0 Å². The molecule has 1 aliphatic heterocycles. The Kier molecular flexibility index (Phi) is 4.03. The van der Waals surface area contributed by atoms with E-state index in [0.29, 0.717) is 24.5 Å². The average Bonchev–Trinajstić information content (AvgIpc) is 2.67. The third kappa shape index (κ3) is 2.99. The van der Waals surface area contributed by atoms with E-state index in [1.165, 1.54) is 0 Å². The lowest BCUT2D eigenvalue weighted by atomic mass is 10.1. The Morgan fingerprint density at radius 2 is 2.29 bits per heavy atom. The quantitative estimate of drug-likeness (QED) is 0.835. The second kappa shape index (κ2) is 5.95. The molecule has 112 valence electrons. The summed E-state index contributed by atoms with van der Waals surface area (Å²) in [7, 11) is 2.09. The standard InChI is InChI=1S/C16H21N3O2/c1-12-4-3-5-14-15(12)17-11-19(16(14)20)9-13-8-18(2)6-7-21-10-13/h3-5,11,13H,6-10H2,1-2H3. The van der Waals surface area contributed by atoms with Gasteiger partial charge in [-0.2, -0.15) is 0 Å². The lowest BCUT2D eigenvalue weighted by Crippen LogP contribution is -2.32. The van der Waals surface area contributed by atoms with Crippen LogP contribution in [0, 0.1) is 12.8 Å². The van der Waals surface area contributed by atoms with E-state index in [1.54, 1.807) is 10.9 Å². The van der Waals surface area contributed by atoms with Crippen molar-refractivity contribution < 1.29 is 4.74 Å². The van der Waals surface area contributed by atoms with Crippen LogP contribution in [-0.4, -0.2) is 47.8 Å². The van der Waals surface area contributed by atoms with E-state index in [-0.39, 0.29) is 5.56 Å². The van der Waals surface area contributed by atoms with Gasteiger partial charge in [0.15, 0.2) is 0 Å². The molecule has 1 aliphatic rings.